The molecule has 2 aromatic heterocycles. The maximum absolute atomic E-state index is 13.3. The van der Waals surface area contributed by atoms with E-state index >= 15 is 0 Å². The molecule has 1 aliphatic carbocycles. The summed E-state index contributed by atoms with van der Waals surface area (Å²) < 4.78 is 14.0. The smallest absolute Gasteiger partial charge is 0.228 e. The number of benzene rings is 1. The Labute approximate surface area is 185 Å². The minimum absolute atomic E-state index is 0.486. The van der Waals surface area contributed by atoms with Crippen molar-refractivity contribution in [2.75, 3.05) is 24.0 Å². The summed E-state index contributed by atoms with van der Waals surface area (Å²) in [6.07, 6.45) is 8.84. The normalized spacial score (nSPS) is 14.4. The number of pyridine rings is 1. The van der Waals surface area contributed by atoms with E-state index in [9.17, 15) is 4.57 Å². The van der Waals surface area contributed by atoms with Crippen LogP contribution in [0.3, 0.4) is 0 Å². The summed E-state index contributed by atoms with van der Waals surface area (Å²) in [5.74, 6) is 1.67. The Bertz CT molecular complexity index is 1170. The molecule has 3 aromatic rings. The Morgan fingerprint density at radius 3 is 2.70 bits per heavy atom. The van der Waals surface area contributed by atoms with Crippen molar-refractivity contribution in [3.8, 4) is 0 Å². The van der Waals surface area contributed by atoms with Crippen LogP contribution in [0, 0.1) is 0 Å². The van der Waals surface area contributed by atoms with Crippen molar-refractivity contribution >= 4 is 56.7 Å². The number of nitrogens with zero attached hydrogens (tertiary/aromatic N) is 3. The third-order valence-corrected chi connectivity index (χ3v) is 7.10. The molecular weight excluding hydrogens is 461 g/mol. The van der Waals surface area contributed by atoms with Gasteiger partial charge in [-0.1, -0.05) is 19.1 Å². The van der Waals surface area contributed by atoms with Gasteiger partial charge in [-0.05, 0) is 72.9 Å². The van der Waals surface area contributed by atoms with E-state index in [0.29, 0.717) is 17.7 Å². The lowest BCUT2D eigenvalue weighted by atomic mass is 10.1. The Balaban J connectivity index is 1.75. The van der Waals surface area contributed by atoms with Gasteiger partial charge < -0.3 is 15.2 Å². The number of fused-ring (bicyclic) bond motifs is 1. The second-order valence-corrected chi connectivity index (χ2v) is 11.9. The van der Waals surface area contributed by atoms with Crippen LogP contribution in [0.4, 0.5) is 17.5 Å². The Hall–Kier alpha value is -2.24. The minimum Gasteiger partial charge on any atom is -0.338 e. The average molecular weight is 486 g/mol. The maximum Gasteiger partial charge on any atom is 0.228 e. The molecule has 1 fully saturated rings. The van der Waals surface area contributed by atoms with E-state index in [-0.39, 0.29) is 0 Å². The number of hydrogen-bond acceptors (Lipinski definition) is 6. The molecule has 4 rings (SSSR count). The van der Waals surface area contributed by atoms with Crippen molar-refractivity contribution in [2.45, 2.75) is 32.1 Å². The summed E-state index contributed by atoms with van der Waals surface area (Å²) in [6.45, 7) is 5.64. The van der Waals surface area contributed by atoms with E-state index in [0.717, 1.165) is 38.5 Å². The van der Waals surface area contributed by atoms with Crippen LogP contribution in [-0.2, 0) is 4.57 Å². The van der Waals surface area contributed by atoms with Gasteiger partial charge in [0.1, 0.15) is 13.0 Å². The Kier molecular flexibility index (Phi) is 5.94. The lowest BCUT2D eigenvalue weighted by molar-refractivity contribution is 0.588. The molecule has 0 aliphatic heterocycles. The number of nitrogens with one attached hydrogen (secondary N) is 2. The molecule has 0 unspecified atom stereocenters. The molecule has 0 saturated heterocycles. The van der Waals surface area contributed by atoms with E-state index in [1.165, 1.54) is 12.8 Å². The number of allylic oxidation sites excluding steroid dienone is 1. The van der Waals surface area contributed by atoms with E-state index < -0.39 is 7.14 Å². The lowest BCUT2D eigenvalue weighted by Gasteiger charge is -2.18. The molecule has 1 aliphatic rings. The summed E-state index contributed by atoms with van der Waals surface area (Å²) in [5.41, 5.74) is 2.79. The van der Waals surface area contributed by atoms with Crippen molar-refractivity contribution in [1.29, 1.82) is 0 Å². The fourth-order valence-electron chi connectivity index (χ4n) is 3.39. The average Bonchev–Trinajstić information content (AvgIpc) is 3.54. The maximum atomic E-state index is 13.3. The van der Waals surface area contributed by atoms with Crippen LogP contribution in [0.15, 0.2) is 47.2 Å². The van der Waals surface area contributed by atoms with Crippen molar-refractivity contribution in [3.05, 3.63) is 52.9 Å². The first-order valence-electron chi connectivity index (χ1n) is 10.1. The van der Waals surface area contributed by atoms with Crippen molar-refractivity contribution in [3.63, 3.8) is 0 Å². The van der Waals surface area contributed by atoms with Crippen LogP contribution in [0.1, 0.15) is 37.8 Å². The van der Waals surface area contributed by atoms with Gasteiger partial charge in [-0.25, -0.2) is 4.98 Å². The third kappa shape index (κ3) is 4.57. The summed E-state index contributed by atoms with van der Waals surface area (Å²) in [6, 6.07) is 8.07. The van der Waals surface area contributed by atoms with Gasteiger partial charge in [0.25, 0.3) is 0 Å². The van der Waals surface area contributed by atoms with Crippen LogP contribution in [0.2, 0.25) is 0 Å². The highest BCUT2D eigenvalue weighted by atomic mass is 79.9. The molecule has 0 atom stereocenters. The molecule has 8 heteroatoms. The van der Waals surface area contributed by atoms with E-state index in [2.05, 4.69) is 55.6 Å². The number of aromatic nitrogens is 3. The van der Waals surface area contributed by atoms with Gasteiger partial charge in [-0.3, -0.25) is 4.98 Å². The summed E-state index contributed by atoms with van der Waals surface area (Å²) in [5, 5.41) is 8.14. The molecule has 0 radical (unpaired) electrons. The highest BCUT2D eigenvalue weighted by Crippen LogP contribution is 2.43. The fourth-order valence-corrected chi connectivity index (χ4v) is 5.16. The van der Waals surface area contributed by atoms with Crippen LogP contribution in [0.25, 0.3) is 10.9 Å². The molecule has 2 N–H and O–H groups in total. The lowest BCUT2D eigenvalue weighted by Crippen LogP contribution is -2.13. The molecule has 0 spiro atoms. The molecule has 0 amide bonds. The molecule has 6 nitrogen and oxygen atoms in total. The number of rotatable bonds is 7. The number of hydrogen-bond donors (Lipinski definition) is 2. The fraction of sp³-hybridized carbons (Fsp3) is 0.318. The topological polar surface area (TPSA) is 79.8 Å². The van der Waals surface area contributed by atoms with Crippen molar-refractivity contribution in [1.82, 2.24) is 15.0 Å². The second-order valence-electron chi connectivity index (χ2n) is 7.86. The zero-order valence-corrected chi connectivity index (χ0v) is 19.8. The van der Waals surface area contributed by atoms with Crippen LogP contribution < -0.4 is 15.9 Å². The van der Waals surface area contributed by atoms with Gasteiger partial charge in [0.2, 0.25) is 5.95 Å². The van der Waals surface area contributed by atoms with Gasteiger partial charge in [0.15, 0.2) is 0 Å². The summed E-state index contributed by atoms with van der Waals surface area (Å²) in [4.78, 5) is 13.7. The molecule has 1 saturated carbocycles. The predicted octanol–water partition coefficient (Wildman–Crippen LogP) is 5.99. The van der Waals surface area contributed by atoms with Crippen LogP contribution in [-0.4, -0.2) is 28.3 Å². The Morgan fingerprint density at radius 2 is 2.00 bits per heavy atom. The van der Waals surface area contributed by atoms with Crippen molar-refractivity contribution in [2.24, 2.45) is 0 Å². The molecule has 2 heterocycles. The van der Waals surface area contributed by atoms with Gasteiger partial charge in [-0.2, -0.15) is 4.98 Å². The van der Waals surface area contributed by atoms with Gasteiger partial charge >= 0.3 is 0 Å². The van der Waals surface area contributed by atoms with Crippen LogP contribution in [0.5, 0.6) is 0 Å². The largest absolute Gasteiger partial charge is 0.338 e. The van der Waals surface area contributed by atoms with Gasteiger partial charge in [-0.15, -0.1) is 0 Å². The molecule has 156 valence electrons. The first-order valence-corrected chi connectivity index (χ1v) is 13.5. The van der Waals surface area contributed by atoms with Gasteiger partial charge in [0.05, 0.1) is 15.7 Å². The quantitative estimate of drug-likeness (QED) is 0.400. The predicted molar refractivity (Wildman–Crippen MR) is 129 cm³/mol. The molecular formula is C22H25BrN5OP. The SMILES string of the molecule is CC/C=C/Nc1ncc(Br)c(Nc2ccc3nc(C4CC4)ccc3c2P(C)(C)=O)n1. The molecule has 0 bridgehead atoms. The summed E-state index contributed by atoms with van der Waals surface area (Å²) in [7, 11) is -2.60. The standard InChI is InChI=1S/C22H25BrN5OP/c1-4-5-12-24-22-25-13-16(23)21(28-22)27-19-11-10-18-15(20(19)30(2,3)29)8-9-17(26-18)14-6-7-14/h5,8-14H,4,6-7H2,1-3H3,(H2,24,25,27,28)/b12-5+. The first-order chi connectivity index (χ1) is 14.4. The zero-order chi connectivity index (χ0) is 21.3. The van der Waals surface area contributed by atoms with Crippen LogP contribution >= 0.6 is 23.1 Å². The van der Waals surface area contributed by atoms with E-state index in [1.54, 1.807) is 19.5 Å². The highest BCUT2D eigenvalue weighted by Gasteiger charge is 2.26. The third-order valence-electron chi connectivity index (χ3n) is 4.96. The second kappa shape index (κ2) is 8.48. The summed E-state index contributed by atoms with van der Waals surface area (Å²) >= 11 is 3.51. The molecule has 30 heavy (non-hydrogen) atoms. The van der Waals surface area contributed by atoms with Crippen molar-refractivity contribution < 1.29 is 4.57 Å². The monoisotopic (exact) mass is 485 g/mol. The highest BCUT2D eigenvalue weighted by molar-refractivity contribution is 9.10. The number of anilines is 3. The zero-order valence-electron chi connectivity index (χ0n) is 17.3. The number of halogens is 1. The molecule has 1 aromatic carbocycles. The van der Waals surface area contributed by atoms with E-state index in [4.69, 9.17) is 4.98 Å². The Morgan fingerprint density at radius 1 is 1.20 bits per heavy atom. The van der Waals surface area contributed by atoms with E-state index in [1.807, 2.05) is 24.4 Å². The van der Waals surface area contributed by atoms with Gasteiger partial charge in [0, 0.05) is 28.5 Å². The minimum atomic E-state index is -2.60. The first kappa shape index (κ1) is 21.0.